The van der Waals surface area contributed by atoms with E-state index in [9.17, 15) is 9.59 Å². The van der Waals surface area contributed by atoms with Crippen molar-refractivity contribution in [2.24, 2.45) is 0 Å². The summed E-state index contributed by atoms with van der Waals surface area (Å²) in [5.74, 6) is 0.876. The van der Waals surface area contributed by atoms with E-state index >= 15 is 0 Å². The zero-order chi connectivity index (χ0) is 17.8. The normalized spacial score (nSPS) is 10.8. The van der Waals surface area contributed by atoms with Gasteiger partial charge in [0, 0.05) is 34.1 Å². The van der Waals surface area contributed by atoms with Crippen LogP contribution in [0.25, 0.3) is 10.9 Å². The molecule has 0 aliphatic carbocycles. The van der Waals surface area contributed by atoms with Gasteiger partial charge in [-0.3, -0.25) is 9.59 Å². The number of aryl methyl sites for hydroxylation is 2. The average molecular weight is 352 g/mol. The van der Waals surface area contributed by atoms with Gasteiger partial charge in [0.2, 0.25) is 5.91 Å². The second kappa shape index (κ2) is 7.57. The Morgan fingerprint density at radius 2 is 1.92 bits per heavy atom. The third kappa shape index (κ3) is 4.31. The van der Waals surface area contributed by atoms with Crippen molar-refractivity contribution in [1.82, 2.24) is 4.98 Å². The number of benzene rings is 2. The fourth-order valence-electron chi connectivity index (χ4n) is 2.65. The predicted octanol–water partition coefficient (Wildman–Crippen LogP) is 4.02. The maximum Gasteiger partial charge on any atom is 0.234 e. The molecular formula is C20H20N2O2S. The molecule has 0 atom stereocenters. The summed E-state index contributed by atoms with van der Waals surface area (Å²) in [5.41, 5.74) is 4.65. The Hall–Kier alpha value is -2.53. The standard InChI is InChI=1S/C20H20N2O2S/c1-13-7-8-16-18(9-13)21-15(10-19(16)23)11-25-12-20(24)22-17-6-4-3-5-14(17)2/h3-10H,11-12H2,1-2H3,(H,21,23)(H,22,24). The Morgan fingerprint density at radius 3 is 2.72 bits per heavy atom. The smallest absolute Gasteiger partial charge is 0.234 e. The highest BCUT2D eigenvalue weighted by Gasteiger charge is 2.07. The third-order valence-electron chi connectivity index (χ3n) is 3.95. The molecule has 1 aromatic heterocycles. The topological polar surface area (TPSA) is 62.0 Å². The summed E-state index contributed by atoms with van der Waals surface area (Å²) in [5, 5.41) is 3.60. The van der Waals surface area contributed by atoms with Crippen molar-refractivity contribution in [3.63, 3.8) is 0 Å². The van der Waals surface area contributed by atoms with Crippen LogP contribution in [-0.2, 0) is 10.5 Å². The van der Waals surface area contributed by atoms with E-state index in [1.54, 1.807) is 6.07 Å². The molecule has 128 valence electrons. The zero-order valence-electron chi connectivity index (χ0n) is 14.3. The number of hydrogen-bond donors (Lipinski definition) is 2. The number of para-hydroxylation sites is 1. The van der Waals surface area contributed by atoms with Gasteiger partial charge in [-0.15, -0.1) is 11.8 Å². The van der Waals surface area contributed by atoms with Gasteiger partial charge in [0.1, 0.15) is 0 Å². The van der Waals surface area contributed by atoms with Crippen LogP contribution < -0.4 is 10.7 Å². The number of fused-ring (bicyclic) bond motifs is 1. The van der Waals surface area contributed by atoms with Crippen LogP contribution in [-0.4, -0.2) is 16.6 Å². The van der Waals surface area contributed by atoms with Gasteiger partial charge in [0.05, 0.1) is 5.75 Å². The first kappa shape index (κ1) is 17.3. The summed E-state index contributed by atoms with van der Waals surface area (Å²) in [7, 11) is 0. The molecule has 3 rings (SSSR count). The van der Waals surface area contributed by atoms with Gasteiger partial charge >= 0.3 is 0 Å². The molecule has 0 fully saturated rings. The van der Waals surface area contributed by atoms with Crippen molar-refractivity contribution in [2.75, 3.05) is 11.1 Å². The molecule has 1 heterocycles. The van der Waals surface area contributed by atoms with E-state index in [0.717, 1.165) is 28.0 Å². The molecule has 25 heavy (non-hydrogen) atoms. The fourth-order valence-corrected chi connectivity index (χ4v) is 3.39. The minimum Gasteiger partial charge on any atom is -0.357 e. The van der Waals surface area contributed by atoms with Crippen LogP contribution >= 0.6 is 11.8 Å². The van der Waals surface area contributed by atoms with Crippen molar-refractivity contribution in [3.8, 4) is 0 Å². The molecule has 0 aliphatic heterocycles. The Labute approximate surface area is 150 Å². The van der Waals surface area contributed by atoms with Crippen LogP contribution in [0.4, 0.5) is 5.69 Å². The lowest BCUT2D eigenvalue weighted by molar-refractivity contribution is -0.113. The summed E-state index contributed by atoms with van der Waals surface area (Å²) in [6, 6.07) is 15.1. The molecule has 0 spiro atoms. The van der Waals surface area contributed by atoms with Gasteiger partial charge in [-0.1, -0.05) is 24.3 Å². The highest BCUT2D eigenvalue weighted by Crippen LogP contribution is 2.16. The van der Waals surface area contributed by atoms with E-state index in [2.05, 4.69) is 10.3 Å². The lowest BCUT2D eigenvalue weighted by Crippen LogP contribution is -2.15. The van der Waals surface area contributed by atoms with Gasteiger partial charge in [-0.05, 0) is 43.2 Å². The first-order valence-electron chi connectivity index (χ1n) is 8.09. The highest BCUT2D eigenvalue weighted by molar-refractivity contribution is 7.99. The van der Waals surface area contributed by atoms with Crippen LogP contribution in [0.3, 0.4) is 0 Å². The molecule has 0 unspecified atom stereocenters. The van der Waals surface area contributed by atoms with Crippen molar-refractivity contribution in [2.45, 2.75) is 19.6 Å². The molecule has 2 N–H and O–H groups in total. The van der Waals surface area contributed by atoms with Crippen LogP contribution in [0.2, 0.25) is 0 Å². The Bertz CT molecular complexity index is 979. The molecule has 0 radical (unpaired) electrons. The molecule has 1 amide bonds. The van der Waals surface area contributed by atoms with Crippen LogP contribution in [0.1, 0.15) is 16.8 Å². The first-order chi connectivity index (χ1) is 12.0. The summed E-state index contributed by atoms with van der Waals surface area (Å²) >= 11 is 1.48. The molecule has 0 saturated carbocycles. The molecule has 0 aliphatic rings. The monoisotopic (exact) mass is 352 g/mol. The van der Waals surface area contributed by atoms with Crippen LogP contribution in [0, 0.1) is 13.8 Å². The average Bonchev–Trinajstić information content (AvgIpc) is 2.56. The number of aromatic amines is 1. The number of carbonyl (C=O) groups is 1. The second-order valence-corrected chi connectivity index (χ2v) is 7.05. The molecule has 4 nitrogen and oxygen atoms in total. The van der Waals surface area contributed by atoms with Crippen LogP contribution in [0.15, 0.2) is 53.3 Å². The van der Waals surface area contributed by atoms with Crippen molar-refractivity contribution < 1.29 is 4.79 Å². The maximum absolute atomic E-state index is 12.2. The number of rotatable bonds is 5. The molecule has 2 aromatic carbocycles. The second-order valence-electron chi connectivity index (χ2n) is 6.06. The Kier molecular flexibility index (Phi) is 5.24. The van der Waals surface area contributed by atoms with Crippen LogP contribution in [0.5, 0.6) is 0 Å². The first-order valence-corrected chi connectivity index (χ1v) is 9.24. The molecular weight excluding hydrogens is 332 g/mol. The van der Waals surface area contributed by atoms with E-state index in [-0.39, 0.29) is 11.3 Å². The summed E-state index contributed by atoms with van der Waals surface area (Å²) < 4.78 is 0. The molecule has 0 bridgehead atoms. The highest BCUT2D eigenvalue weighted by atomic mass is 32.2. The molecule has 0 saturated heterocycles. The summed E-state index contributed by atoms with van der Waals surface area (Å²) in [6.07, 6.45) is 0. The summed E-state index contributed by atoms with van der Waals surface area (Å²) in [6.45, 7) is 3.96. The summed E-state index contributed by atoms with van der Waals surface area (Å²) in [4.78, 5) is 27.5. The van der Waals surface area contributed by atoms with Gasteiger partial charge in [-0.2, -0.15) is 0 Å². The Balaban J connectivity index is 1.62. The van der Waals surface area contributed by atoms with E-state index in [1.165, 1.54) is 11.8 Å². The minimum atomic E-state index is -0.0433. The number of carbonyl (C=O) groups excluding carboxylic acids is 1. The Morgan fingerprint density at radius 1 is 1.12 bits per heavy atom. The number of H-pyrrole nitrogens is 1. The fraction of sp³-hybridized carbons (Fsp3) is 0.200. The minimum absolute atomic E-state index is 0.00807. The lowest BCUT2D eigenvalue weighted by Gasteiger charge is -2.08. The SMILES string of the molecule is Cc1ccc2c(=O)cc(CSCC(=O)Nc3ccccc3C)[nH]c2c1. The van der Waals surface area contributed by atoms with Crippen molar-refractivity contribution >= 4 is 34.3 Å². The van der Waals surface area contributed by atoms with E-state index in [0.29, 0.717) is 16.9 Å². The van der Waals surface area contributed by atoms with Crippen molar-refractivity contribution in [3.05, 3.63) is 75.6 Å². The number of hydrogen-bond acceptors (Lipinski definition) is 3. The van der Waals surface area contributed by atoms with Gasteiger partial charge in [0.15, 0.2) is 5.43 Å². The number of thioether (sulfide) groups is 1. The number of pyridine rings is 1. The van der Waals surface area contributed by atoms with Crippen molar-refractivity contribution in [1.29, 1.82) is 0 Å². The van der Waals surface area contributed by atoms with Gasteiger partial charge in [0.25, 0.3) is 0 Å². The third-order valence-corrected chi connectivity index (χ3v) is 4.93. The lowest BCUT2D eigenvalue weighted by atomic mass is 10.1. The van der Waals surface area contributed by atoms with Gasteiger partial charge < -0.3 is 10.3 Å². The van der Waals surface area contributed by atoms with E-state index in [4.69, 9.17) is 0 Å². The van der Waals surface area contributed by atoms with E-state index in [1.807, 2.05) is 56.3 Å². The maximum atomic E-state index is 12.2. The number of aromatic nitrogens is 1. The molecule has 5 heteroatoms. The predicted molar refractivity (Wildman–Crippen MR) is 105 cm³/mol. The quantitative estimate of drug-likeness (QED) is 0.729. The zero-order valence-corrected chi connectivity index (χ0v) is 15.1. The van der Waals surface area contributed by atoms with E-state index < -0.39 is 0 Å². The number of nitrogens with one attached hydrogen (secondary N) is 2. The number of anilines is 1. The largest absolute Gasteiger partial charge is 0.357 e. The number of amides is 1. The molecule has 3 aromatic rings. The van der Waals surface area contributed by atoms with Gasteiger partial charge in [-0.25, -0.2) is 0 Å².